The van der Waals surface area contributed by atoms with Crippen LogP contribution in [0.2, 0.25) is 0 Å². The zero-order chi connectivity index (χ0) is 14.8. The van der Waals surface area contributed by atoms with Gasteiger partial charge in [0.25, 0.3) is 0 Å². The van der Waals surface area contributed by atoms with Gasteiger partial charge in [-0.3, -0.25) is 9.78 Å². The van der Waals surface area contributed by atoms with Crippen LogP contribution >= 0.6 is 11.3 Å². The van der Waals surface area contributed by atoms with E-state index in [4.69, 9.17) is 0 Å². The smallest absolute Gasteiger partial charge is 0.151 e. The van der Waals surface area contributed by atoms with Crippen molar-refractivity contribution >= 4 is 11.3 Å². The van der Waals surface area contributed by atoms with Gasteiger partial charge in [0, 0.05) is 30.5 Å². The third-order valence-electron chi connectivity index (χ3n) is 3.76. The van der Waals surface area contributed by atoms with E-state index in [1.54, 1.807) is 11.3 Å². The predicted molar refractivity (Wildman–Crippen MR) is 83.6 cm³/mol. The molecule has 3 rings (SSSR count). The number of aromatic amines is 1. The Bertz CT molecular complexity index is 723. The molecule has 0 unspecified atom stereocenters. The van der Waals surface area contributed by atoms with Crippen molar-refractivity contribution in [3.8, 4) is 0 Å². The maximum absolute atomic E-state index is 4.58. The highest BCUT2D eigenvalue weighted by Crippen LogP contribution is 2.15. The molecule has 1 N–H and O–H groups in total. The molecule has 5 nitrogen and oxygen atoms in total. The van der Waals surface area contributed by atoms with Crippen molar-refractivity contribution < 1.29 is 0 Å². The Labute approximate surface area is 128 Å². The van der Waals surface area contributed by atoms with Gasteiger partial charge in [0.1, 0.15) is 5.82 Å². The number of H-pyrrole nitrogens is 1. The van der Waals surface area contributed by atoms with E-state index in [-0.39, 0.29) is 0 Å². The van der Waals surface area contributed by atoms with Crippen LogP contribution in [0, 0.1) is 13.8 Å². The van der Waals surface area contributed by atoms with E-state index in [1.165, 1.54) is 16.1 Å². The summed E-state index contributed by atoms with van der Waals surface area (Å²) in [5.74, 6) is 1.82. The van der Waals surface area contributed by atoms with E-state index in [0.717, 1.165) is 36.6 Å². The van der Waals surface area contributed by atoms with E-state index in [0.29, 0.717) is 0 Å². The molecule has 0 spiro atoms. The minimum Gasteiger partial charge on any atom is -0.272 e. The first kappa shape index (κ1) is 14.0. The monoisotopic (exact) mass is 301 g/mol. The minimum absolute atomic E-state index is 0.829. The van der Waals surface area contributed by atoms with Crippen molar-refractivity contribution in [2.75, 3.05) is 0 Å². The first-order chi connectivity index (χ1) is 10.1. The SMILES string of the molecule is Cc1nn(C)c(C)c1CCc1n[nH]c(Cc2cccs2)n1. The average Bonchev–Trinajstić information content (AvgIpc) is 3.15. The second-order valence-electron chi connectivity index (χ2n) is 5.23. The van der Waals surface area contributed by atoms with Gasteiger partial charge in [-0.25, -0.2) is 4.98 Å². The van der Waals surface area contributed by atoms with Crippen LogP contribution in [0.25, 0.3) is 0 Å². The zero-order valence-corrected chi connectivity index (χ0v) is 13.4. The molecular formula is C15H19N5S. The van der Waals surface area contributed by atoms with Crippen molar-refractivity contribution in [2.45, 2.75) is 33.1 Å². The molecule has 3 aromatic rings. The molecule has 0 bridgehead atoms. The summed E-state index contributed by atoms with van der Waals surface area (Å²) in [4.78, 5) is 5.88. The van der Waals surface area contributed by atoms with Crippen LogP contribution in [-0.2, 0) is 26.3 Å². The lowest BCUT2D eigenvalue weighted by atomic mass is 10.1. The normalized spacial score (nSPS) is 11.2. The number of hydrogen-bond donors (Lipinski definition) is 1. The van der Waals surface area contributed by atoms with Crippen LogP contribution in [0.15, 0.2) is 17.5 Å². The Morgan fingerprint density at radius 2 is 2.14 bits per heavy atom. The van der Waals surface area contributed by atoms with Crippen molar-refractivity contribution in [3.63, 3.8) is 0 Å². The van der Waals surface area contributed by atoms with E-state index in [9.17, 15) is 0 Å². The molecule has 0 saturated heterocycles. The summed E-state index contributed by atoms with van der Waals surface area (Å²) in [7, 11) is 1.98. The lowest BCUT2D eigenvalue weighted by molar-refractivity contribution is 0.729. The molecule has 0 saturated carbocycles. The topological polar surface area (TPSA) is 59.4 Å². The molecule has 3 heterocycles. The van der Waals surface area contributed by atoms with Crippen LogP contribution in [0.5, 0.6) is 0 Å². The summed E-state index contributed by atoms with van der Waals surface area (Å²) in [5.41, 5.74) is 3.63. The van der Waals surface area contributed by atoms with E-state index >= 15 is 0 Å². The van der Waals surface area contributed by atoms with Gasteiger partial charge in [0.15, 0.2) is 5.82 Å². The van der Waals surface area contributed by atoms with Crippen LogP contribution in [-0.4, -0.2) is 25.0 Å². The number of aromatic nitrogens is 5. The number of thiophene rings is 1. The molecule has 0 aliphatic rings. The van der Waals surface area contributed by atoms with Gasteiger partial charge >= 0.3 is 0 Å². The van der Waals surface area contributed by atoms with Crippen LogP contribution < -0.4 is 0 Å². The average molecular weight is 301 g/mol. The molecule has 0 amide bonds. The fraction of sp³-hybridized carbons (Fsp3) is 0.400. The van der Waals surface area contributed by atoms with Gasteiger partial charge in [0.2, 0.25) is 0 Å². The third-order valence-corrected chi connectivity index (χ3v) is 4.63. The third kappa shape index (κ3) is 3.05. The zero-order valence-electron chi connectivity index (χ0n) is 12.6. The lowest BCUT2D eigenvalue weighted by Gasteiger charge is -1.99. The molecule has 6 heteroatoms. The summed E-state index contributed by atoms with van der Waals surface area (Å²) in [5, 5.41) is 13.9. The molecule has 0 atom stereocenters. The van der Waals surface area contributed by atoms with Gasteiger partial charge in [0.05, 0.1) is 5.69 Å². The number of aryl methyl sites for hydroxylation is 3. The van der Waals surface area contributed by atoms with Gasteiger partial charge in [-0.15, -0.1) is 11.3 Å². The Balaban J connectivity index is 1.65. The van der Waals surface area contributed by atoms with Crippen molar-refractivity contribution in [1.29, 1.82) is 0 Å². The van der Waals surface area contributed by atoms with Gasteiger partial charge < -0.3 is 0 Å². The second kappa shape index (κ2) is 5.81. The molecular weight excluding hydrogens is 282 g/mol. The summed E-state index contributed by atoms with van der Waals surface area (Å²) in [6.07, 6.45) is 2.60. The van der Waals surface area contributed by atoms with Crippen molar-refractivity contribution in [2.24, 2.45) is 7.05 Å². The Kier molecular flexibility index (Phi) is 3.88. The van der Waals surface area contributed by atoms with Crippen LogP contribution in [0.1, 0.15) is 33.5 Å². The summed E-state index contributed by atoms with van der Waals surface area (Å²) < 4.78 is 1.94. The van der Waals surface area contributed by atoms with Gasteiger partial charge in [-0.2, -0.15) is 10.2 Å². The molecule has 21 heavy (non-hydrogen) atoms. The maximum atomic E-state index is 4.58. The highest BCUT2D eigenvalue weighted by molar-refractivity contribution is 7.09. The van der Waals surface area contributed by atoms with Crippen molar-refractivity contribution in [3.05, 3.63) is 51.0 Å². The summed E-state index contributed by atoms with van der Waals surface area (Å²) >= 11 is 1.75. The predicted octanol–water partition coefficient (Wildman–Crippen LogP) is 2.59. The Hall–Kier alpha value is -1.95. The molecule has 0 radical (unpaired) electrons. The highest BCUT2D eigenvalue weighted by atomic mass is 32.1. The highest BCUT2D eigenvalue weighted by Gasteiger charge is 2.11. The lowest BCUT2D eigenvalue weighted by Crippen LogP contribution is -1.98. The summed E-state index contributed by atoms with van der Waals surface area (Å²) in [6, 6.07) is 4.18. The molecule has 0 aliphatic carbocycles. The molecule has 110 valence electrons. The molecule has 0 fully saturated rings. The van der Waals surface area contributed by atoms with E-state index in [2.05, 4.69) is 51.6 Å². The number of hydrogen-bond acceptors (Lipinski definition) is 4. The second-order valence-corrected chi connectivity index (χ2v) is 6.26. The first-order valence-corrected chi connectivity index (χ1v) is 7.93. The number of nitrogens with zero attached hydrogens (tertiary/aromatic N) is 4. The minimum atomic E-state index is 0.829. The quantitative estimate of drug-likeness (QED) is 0.788. The molecule has 3 aromatic heterocycles. The van der Waals surface area contributed by atoms with Gasteiger partial charge in [-0.05, 0) is 37.3 Å². The van der Waals surface area contributed by atoms with E-state index < -0.39 is 0 Å². The van der Waals surface area contributed by atoms with Crippen LogP contribution in [0.4, 0.5) is 0 Å². The Morgan fingerprint density at radius 1 is 1.29 bits per heavy atom. The molecule has 0 aromatic carbocycles. The van der Waals surface area contributed by atoms with Gasteiger partial charge in [-0.1, -0.05) is 6.07 Å². The summed E-state index contributed by atoms with van der Waals surface area (Å²) in [6.45, 7) is 4.16. The first-order valence-electron chi connectivity index (χ1n) is 7.05. The Morgan fingerprint density at radius 3 is 2.81 bits per heavy atom. The fourth-order valence-corrected chi connectivity index (χ4v) is 3.23. The van der Waals surface area contributed by atoms with Crippen LogP contribution in [0.3, 0.4) is 0 Å². The fourth-order valence-electron chi connectivity index (χ4n) is 2.52. The number of rotatable bonds is 5. The largest absolute Gasteiger partial charge is 0.272 e. The molecule has 0 aliphatic heterocycles. The maximum Gasteiger partial charge on any atom is 0.151 e. The van der Waals surface area contributed by atoms with E-state index in [1.807, 2.05) is 11.7 Å². The standard InChI is InChI=1S/C15H19N5S/c1-10-13(11(2)20(3)19-10)6-7-14-16-15(18-17-14)9-12-5-4-8-21-12/h4-5,8H,6-7,9H2,1-3H3,(H,16,17,18). The number of nitrogens with one attached hydrogen (secondary N) is 1. The van der Waals surface area contributed by atoms with Crippen molar-refractivity contribution in [1.82, 2.24) is 25.0 Å².